The molecular formula is C14H30N2S. The fourth-order valence-electron chi connectivity index (χ4n) is 2.40. The SMILES string of the molecule is CC(C)CNCC(C(C)C)N1CCCSCC1. The Morgan fingerprint density at radius 2 is 1.82 bits per heavy atom. The molecule has 1 saturated heterocycles. The lowest BCUT2D eigenvalue weighted by Gasteiger charge is -2.33. The van der Waals surface area contributed by atoms with Crippen LogP contribution in [0.2, 0.25) is 0 Å². The molecule has 1 N–H and O–H groups in total. The predicted molar refractivity (Wildman–Crippen MR) is 79.8 cm³/mol. The third kappa shape index (κ3) is 6.12. The van der Waals surface area contributed by atoms with Gasteiger partial charge in [0.1, 0.15) is 0 Å². The van der Waals surface area contributed by atoms with E-state index in [9.17, 15) is 0 Å². The summed E-state index contributed by atoms with van der Waals surface area (Å²) in [5.74, 6) is 4.16. The third-order valence-corrected chi connectivity index (χ3v) is 4.45. The maximum atomic E-state index is 3.64. The highest BCUT2D eigenvalue weighted by Crippen LogP contribution is 2.16. The van der Waals surface area contributed by atoms with Gasteiger partial charge < -0.3 is 5.32 Å². The standard InChI is InChI=1S/C14H30N2S/c1-12(2)10-15-11-14(13(3)4)16-6-5-8-17-9-7-16/h12-15H,5-11H2,1-4H3. The maximum Gasteiger partial charge on any atom is 0.0243 e. The smallest absolute Gasteiger partial charge is 0.0243 e. The van der Waals surface area contributed by atoms with Gasteiger partial charge in [-0.3, -0.25) is 4.90 Å². The molecule has 0 aliphatic carbocycles. The van der Waals surface area contributed by atoms with Crippen LogP contribution in [0.15, 0.2) is 0 Å². The summed E-state index contributed by atoms with van der Waals surface area (Å²) in [7, 11) is 0. The first-order valence-corrected chi connectivity index (χ1v) is 8.29. The van der Waals surface area contributed by atoms with Gasteiger partial charge in [0.25, 0.3) is 0 Å². The van der Waals surface area contributed by atoms with Crippen LogP contribution in [0, 0.1) is 11.8 Å². The summed E-state index contributed by atoms with van der Waals surface area (Å²) in [5.41, 5.74) is 0. The van der Waals surface area contributed by atoms with Crippen molar-refractivity contribution in [2.45, 2.75) is 40.2 Å². The van der Waals surface area contributed by atoms with Crippen molar-refractivity contribution in [3.05, 3.63) is 0 Å². The minimum atomic E-state index is 0.715. The molecule has 0 spiro atoms. The molecule has 0 radical (unpaired) electrons. The molecule has 1 aliphatic rings. The molecule has 1 heterocycles. The van der Waals surface area contributed by atoms with Crippen molar-refractivity contribution in [3.63, 3.8) is 0 Å². The molecule has 1 fully saturated rings. The highest BCUT2D eigenvalue weighted by Gasteiger charge is 2.22. The quantitative estimate of drug-likeness (QED) is 0.788. The molecule has 17 heavy (non-hydrogen) atoms. The van der Waals surface area contributed by atoms with Gasteiger partial charge in [0.05, 0.1) is 0 Å². The first-order valence-electron chi connectivity index (χ1n) is 7.13. The van der Waals surface area contributed by atoms with Crippen LogP contribution in [0.25, 0.3) is 0 Å². The van der Waals surface area contributed by atoms with Gasteiger partial charge >= 0.3 is 0 Å². The fourth-order valence-corrected chi connectivity index (χ4v) is 3.30. The summed E-state index contributed by atoms with van der Waals surface area (Å²) in [6.45, 7) is 14.1. The molecule has 0 aromatic heterocycles. The average Bonchev–Trinajstić information content (AvgIpc) is 2.52. The Bertz CT molecular complexity index is 187. The average molecular weight is 258 g/mol. The lowest BCUT2D eigenvalue weighted by atomic mass is 10.0. The van der Waals surface area contributed by atoms with E-state index < -0.39 is 0 Å². The normalized spacial score (nSPS) is 20.8. The van der Waals surface area contributed by atoms with E-state index in [1.54, 1.807) is 0 Å². The van der Waals surface area contributed by atoms with Crippen LogP contribution in [0.4, 0.5) is 0 Å². The predicted octanol–water partition coefficient (Wildman–Crippen LogP) is 2.70. The number of rotatable bonds is 6. The van der Waals surface area contributed by atoms with Crippen LogP contribution < -0.4 is 5.32 Å². The summed E-state index contributed by atoms with van der Waals surface area (Å²) in [6, 6.07) is 0.715. The summed E-state index contributed by atoms with van der Waals surface area (Å²) in [4.78, 5) is 2.71. The number of hydrogen-bond donors (Lipinski definition) is 1. The van der Waals surface area contributed by atoms with Crippen molar-refractivity contribution in [2.24, 2.45) is 11.8 Å². The van der Waals surface area contributed by atoms with Gasteiger partial charge in [0, 0.05) is 24.9 Å². The van der Waals surface area contributed by atoms with Crippen LogP contribution in [0.5, 0.6) is 0 Å². The highest BCUT2D eigenvalue weighted by molar-refractivity contribution is 7.99. The van der Waals surface area contributed by atoms with E-state index >= 15 is 0 Å². The van der Waals surface area contributed by atoms with Gasteiger partial charge in [0.15, 0.2) is 0 Å². The van der Waals surface area contributed by atoms with Crippen LogP contribution >= 0.6 is 11.8 Å². The lowest BCUT2D eigenvalue weighted by molar-refractivity contribution is 0.162. The Labute approximate surface area is 112 Å². The summed E-state index contributed by atoms with van der Waals surface area (Å²) in [6.07, 6.45) is 1.36. The topological polar surface area (TPSA) is 15.3 Å². The van der Waals surface area contributed by atoms with E-state index in [0.717, 1.165) is 24.9 Å². The molecule has 0 bridgehead atoms. The number of nitrogens with zero attached hydrogens (tertiary/aromatic N) is 1. The number of hydrogen-bond acceptors (Lipinski definition) is 3. The van der Waals surface area contributed by atoms with Crippen molar-refractivity contribution in [3.8, 4) is 0 Å². The zero-order valence-corrected chi connectivity index (χ0v) is 12.9. The van der Waals surface area contributed by atoms with Crippen LogP contribution in [0.3, 0.4) is 0 Å². The highest BCUT2D eigenvalue weighted by atomic mass is 32.2. The van der Waals surface area contributed by atoms with Crippen molar-refractivity contribution in [1.82, 2.24) is 10.2 Å². The zero-order chi connectivity index (χ0) is 12.7. The Morgan fingerprint density at radius 1 is 1.06 bits per heavy atom. The van der Waals surface area contributed by atoms with E-state index in [1.807, 2.05) is 0 Å². The van der Waals surface area contributed by atoms with Gasteiger partial charge in [-0.15, -0.1) is 0 Å². The molecule has 0 aromatic rings. The molecule has 1 aliphatic heterocycles. The molecule has 3 heteroatoms. The van der Waals surface area contributed by atoms with E-state index in [-0.39, 0.29) is 0 Å². The van der Waals surface area contributed by atoms with Crippen molar-refractivity contribution >= 4 is 11.8 Å². The fraction of sp³-hybridized carbons (Fsp3) is 1.00. The molecule has 2 nitrogen and oxygen atoms in total. The summed E-state index contributed by atoms with van der Waals surface area (Å²) < 4.78 is 0. The Balaban J connectivity index is 2.40. The molecule has 1 rings (SSSR count). The molecule has 1 atom stereocenters. The Kier molecular flexibility index (Phi) is 7.56. The zero-order valence-electron chi connectivity index (χ0n) is 12.0. The molecule has 0 saturated carbocycles. The second kappa shape index (κ2) is 8.39. The first-order chi connectivity index (χ1) is 8.11. The van der Waals surface area contributed by atoms with Gasteiger partial charge in [-0.25, -0.2) is 0 Å². The monoisotopic (exact) mass is 258 g/mol. The van der Waals surface area contributed by atoms with Crippen LogP contribution in [-0.2, 0) is 0 Å². The van der Waals surface area contributed by atoms with E-state index in [0.29, 0.717) is 6.04 Å². The van der Waals surface area contributed by atoms with Crippen molar-refractivity contribution in [2.75, 3.05) is 37.7 Å². The van der Waals surface area contributed by atoms with Crippen molar-refractivity contribution in [1.29, 1.82) is 0 Å². The number of nitrogens with one attached hydrogen (secondary N) is 1. The molecular weight excluding hydrogens is 228 g/mol. The molecule has 1 unspecified atom stereocenters. The Morgan fingerprint density at radius 3 is 2.47 bits per heavy atom. The molecule has 102 valence electrons. The summed E-state index contributed by atoms with van der Waals surface area (Å²) in [5, 5.41) is 3.64. The second-order valence-electron chi connectivity index (χ2n) is 5.87. The van der Waals surface area contributed by atoms with E-state index in [2.05, 4.69) is 49.7 Å². The van der Waals surface area contributed by atoms with Gasteiger partial charge in [-0.2, -0.15) is 11.8 Å². The third-order valence-electron chi connectivity index (χ3n) is 3.40. The summed E-state index contributed by atoms with van der Waals surface area (Å²) >= 11 is 2.12. The minimum absolute atomic E-state index is 0.715. The van der Waals surface area contributed by atoms with E-state index in [4.69, 9.17) is 0 Å². The largest absolute Gasteiger partial charge is 0.315 e. The number of thioether (sulfide) groups is 1. The minimum Gasteiger partial charge on any atom is -0.315 e. The maximum absolute atomic E-state index is 3.64. The first kappa shape index (κ1) is 15.3. The van der Waals surface area contributed by atoms with Gasteiger partial charge in [0.2, 0.25) is 0 Å². The lowest BCUT2D eigenvalue weighted by Crippen LogP contribution is -2.47. The second-order valence-corrected chi connectivity index (χ2v) is 7.09. The van der Waals surface area contributed by atoms with E-state index in [1.165, 1.54) is 31.0 Å². The van der Waals surface area contributed by atoms with Crippen LogP contribution in [-0.4, -0.2) is 48.6 Å². The van der Waals surface area contributed by atoms with Gasteiger partial charge in [-0.1, -0.05) is 27.7 Å². The molecule has 0 aromatic carbocycles. The van der Waals surface area contributed by atoms with Gasteiger partial charge in [-0.05, 0) is 37.1 Å². The Hall–Kier alpha value is 0.270. The van der Waals surface area contributed by atoms with Crippen molar-refractivity contribution < 1.29 is 0 Å². The molecule has 0 amide bonds. The van der Waals surface area contributed by atoms with Crippen LogP contribution in [0.1, 0.15) is 34.1 Å².